The van der Waals surface area contributed by atoms with Crippen LogP contribution < -0.4 is 10.7 Å². The lowest BCUT2D eigenvalue weighted by molar-refractivity contribution is 0.252. The van der Waals surface area contributed by atoms with E-state index < -0.39 is 6.03 Å². The van der Waals surface area contributed by atoms with Gasteiger partial charge in [-0.2, -0.15) is 5.10 Å². The van der Waals surface area contributed by atoms with Gasteiger partial charge in [0.2, 0.25) is 0 Å². The van der Waals surface area contributed by atoms with Crippen LogP contribution in [0.5, 0.6) is 0 Å². The van der Waals surface area contributed by atoms with Crippen LogP contribution in [0.1, 0.15) is 22.3 Å². The number of urea groups is 1. The van der Waals surface area contributed by atoms with Crippen LogP contribution in [-0.2, 0) is 0 Å². The molecule has 0 bridgehead atoms. The highest BCUT2D eigenvalue weighted by Gasteiger charge is 2.05. The largest absolute Gasteiger partial charge is 0.339 e. The Bertz CT molecular complexity index is 817. The molecule has 122 valence electrons. The minimum Gasteiger partial charge on any atom is -0.306 e. The summed E-state index contributed by atoms with van der Waals surface area (Å²) in [5.74, 6) is 0. The van der Waals surface area contributed by atoms with Crippen molar-refractivity contribution in [3.05, 3.63) is 69.1 Å². The van der Waals surface area contributed by atoms with Crippen LogP contribution in [0.3, 0.4) is 0 Å². The Balaban J connectivity index is 2.01. The van der Waals surface area contributed by atoms with Gasteiger partial charge in [-0.25, -0.2) is 10.2 Å². The highest BCUT2D eigenvalue weighted by atomic mass is 16.2. The van der Waals surface area contributed by atoms with Gasteiger partial charge in [0.15, 0.2) is 0 Å². The minimum atomic E-state index is -0.410. The van der Waals surface area contributed by atoms with Crippen LogP contribution in [0, 0.1) is 20.8 Å². The molecule has 0 saturated carbocycles. The van der Waals surface area contributed by atoms with E-state index in [2.05, 4.69) is 25.9 Å². The van der Waals surface area contributed by atoms with Gasteiger partial charge in [-0.1, -0.05) is 35.4 Å². The van der Waals surface area contributed by atoms with Gasteiger partial charge in [-0.15, -0.1) is 0 Å². The molecule has 2 N–H and O–H groups in total. The van der Waals surface area contributed by atoms with Crippen molar-refractivity contribution < 1.29 is 4.79 Å². The molecule has 0 radical (unpaired) electrons. The van der Waals surface area contributed by atoms with E-state index in [0.29, 0.717) is 5.69 Å². The van der Waals surface area contributed by atoms with Crippen molar-refractivity contribution in [2.45, 2.75) is 20.8 Å². The number of azide groups is 1. The Morgan fingerprint density at radius 1 is 1.12 bits per heavy atom. The molecule has 2 amide bonds. The van der Waals surface area contributed by atoms with Crippen molar-refractivity contribution >= 4 is 23.6 Å². The van der Waals surface area contributed by atoms with Crippen LogP contribution in [-0.4, -0.2) is 12.2 Å². The number of para-hydroxylation sites is 1. The molecule has 0 fully saturated rings. The number of hydrogen-bond donors (Lipinski definition) is 2. The van der Waals surface area contributed by atoms with E-state index in [-0.39, 0.29) is 0 Å². The van der Waals surface area contributed by atoms with Gasteiger partial charge in [0.05, 0.1) is 6.21 Å². The Morgan fingerprint density at radius 2 is 1.83 bits per heavy atom. The predicted molar refractivity (Wildman–Crippen MR) is 95.6 cm³/mol. The number of nitrogens with one attached hydrogen (secondary N) is 2. The van der Waals surface area contributed by atoms with Crippen molar-refractivity contribution in [2.75, 3.05) is 5.32 Å². The number of nitrogens with zero attached hydrogens (tertiary/aromatic N) is 4. The molecule has 7 nitrogen and oxygen atoms in total. The molecule has 0 saturated heterocycles. The van der Waals surface area contributed by atoms with Gasteiger partial charge in [0, 0.05) is 16.3 Å². The lowest BCUT2D eigenvalue weighted by Gasteiger charge is -2.10. The maximum absolute atomic E-state index is 11.9. The Labute approximate surface area is 140 Å². The summed E-state index contributed by atoms with van der Waals surface area (Å²) < 4.78 is 0. The predicted octanol–water partition coefficient (Wildman–Crippen LogP) is 4.71. The van der Waals surface area contributed by atoms with Crippen LogP contribution in [0.4, 0.5) is 16.2 Å². The second kappa shape index (κ2) is 7.80. The second-order valence-electron chi connectivity index (χ2n) is 5.32. The van der Waals surface area contributed by atoms with E-state index in [4.69, 9.17) is 5.53 Å². The Kier molecular flexibility index (Phi) is 5.54. The molecular weight excluding hydrogens is 304 g/mol. The smallest absolute Gasteiger partial charge is 0.306 e. The molecule has 24 heavy (non-hydrogen) atoms. The maximum Gasteiger partial charge on any atom is 0.339 e. The molecule has 0 aliphatic heterocycles. The molecule has 2 rings (SSSR count). The molecule has 0 aliphatic rings. The molecule has 2 aromatic carbocycles. The first kappa shape index (κ1) is 17.1. The van der Waals surface area contributed by atoms with Crippen LogP contribution >= 0.6 is 0 Å². The zero-order valence-electron chi connectivity index (χ0n) is 13.7. The first-order valence-corrected chi connectivity index (χ1v) is 7.33. The van der Waals surface area contributed by atoms with E-state index >= 15 is 0 Å². The maximum atomic E-state index is 11.9. The molecule has 2 aromatic rings. The number of anilines is 1. The fourth-order valence-corrected chi connectivity index (χ4v) is 2.23. The summed E-state index contributed by atoms with van der Waals surface area (Å²) in [5.41, 5.74) is 15.8. The minimum absolute atomic E-state index is 0.410. The molecule has 0 spiro atoms. The number of hydrogen-bond acceptors (Lipinski definition) is 3. The third-order valence-corrected chi connectivity index (χ3v) is 3.50. The first-order valence-electron chi connectivity index (χ1n) is 7.33. The highest BCUT2D eigenvalue weighted by molar-refractivity contribution is 5.92. The van der Waals surface area contributed by atoms with Crippen molar-refractivity contribution in [3.63, 3.8) is 0 Å². The lowest BCUT2D eigenvalue weighted by atomic mass is 10.1. The van der Waals surface area contributed by atoms with Crippen LogP contribution in [0.15, 0.2) is 46.6 Å². The summed E-state index contributed by atoms with van der Waals surface area (Å²) in [6.07, 6.45) is 1.54. The summed E-state index contributed by atoms with van der Waals surface area (Å²) >= 11 is 0. The summed E-state index contributed by atoms with van der Waals surface area (Å²) in [5, 5.41) is 10.3. The number of aryl methyl sites for hydroxylation is 3. The third-order valence-electron chi connectivity index (χ3n) is 3.50. The van der Waals surface area contributed by atoms with Crippen molar-refractivity contribution in [2.24, 2.45) is 10.2 Å². The number of benzene rings is 2. The number of amides is 2. The summed E-state index contributed by atoms with van der Waals surface area (Å²) in [6, 6.07) is 10.6. The second-order valence-corrected chi connectivity index (χ2v) is 5.32. The molecular formula is C17H18N6O. The van der Waals surface area contributed by atoms with E-state index in [0.717, 1.165) is 27.9 Å². The molecule has 0 heterocycles. The number of hydrazone groups is 1. The average Bonchev–Trinajstić information content (AvgIpc) is 2.53. The van der Waals surface area contributed by atoms with Crippen molar-refractivity contribution in [1.29, 1.82) is 0 Å². The van der Waals surface area contributed by atoms with Crippen molar-refractivity contribution in [1.82, 2.24) is 5.43 Å². The van der Waals surface area contributed by atoms with E-state index in [1.807, 2.05) is 39.0 Å². The third kappa shape index (κ3) is 4.34. The number of carbonyl (C=O) groups excluding carboxylic acids is 1. The fraction of sp³-hybridized carbons (Fsp3) is 0.176. The van der Waals surface area contributed by atoms with Gasteiger partial charge in [-0.3, -0.25) is 0 Å². The molecule has 0 aliphatic carbocycles. The van der Waals surface area contributed by atoms with Crippen LogP contribution in [0.2, 0.25) is 0 Å². The monoisotopic (exact) mass is 322 g/mol. The van der Waals surface area contributed by atoms with Gasteiger partial charge >= 0.3 is 6.03 Å². The van der Waals surface area contributed by atoms with E-state index in [1.54, 1.807) is 24.4 Å². The first-order chi connectivity index (χ1) is 11.5. The molecule has 7 heteroatoms. The van der Waals surface area contributed by atoms with Gasteiger partial charge in [-0.05, 0) is 54.6 Å². The topological polar surface area (TPSA) is 102 Å². The quantitative estimate of drug-likeness (QED) is 0.275. The van der Waals surface area contributed by atoms with Gasteiger partial charge < -0.3 is 5.32 Å². The zero-order chi connectivity index (χ0) is 17.5. The van der Waals surface area contributed by atoms with Gasteiger partial charge in [0.1, 0.15) is 0 Å². The normalized spacial score (nSPS) is 10.3. The summed E-state index contributed by atoms with van der Waals surface area (Å²) in [6.45, 7) is 5.73. The summed E-state index contributed by atoms with van der Waals surface area (Å²) in [4.78, 5) is 14.7. The van der Waals surface area contributed by atoms with E-state index in [9.17, 15) is 4.79 Å². The SMILES string of the molecule is Cc1cc(N=[N+]=[N-])ccc1/C=N/NC(=O)Nc1c(C)cccc1C. The van der Waals surface area contributed by atoms with Gasteiger partial charge in [0.25, 0.3) is 0 Å². The summed E-state index contributed by atoms with van der Waals surface area (Å²) in [7, 11) is 0. The Morgan fingerprint density at radius 3 is 2.46 bits per heavy atom. The fourth-order valence-electron chi connectivity index (χ4n) is 2.23. The average molecular weight is 322 g/mol. The van der Waals surface area contributed by atoms with E-state index in [1.165, 1.54) is 0 Å². The standard InChI is InChI=1S/C17H18N6O/c1-11-5-4-6-12(2)16(11)20-17(24)22-19-10-14-7-8-15(21-23-18)9-13(14)3/h4-10H,1-3H3,(H2,20,22,24)/b19-10+. The zero-order valence-corrected chi connectivity index (χ0v) is 13.7. The lowest BCUT2D eigenvalue weighted by Crippen LogP contribution is -2.25. The molecule has 0 unspecified atom stereocenters. The number of carbonyl (C=O) groups is 1. The molecule has 0 atom stereocenters. The number of rotatable bonds is 4. The highest BCUT2D eigenvalue weighted by Crippen LogP contribution is 2.19. The van der Waals surface area contributed by atoms with Crippen LogP contribution in [0.25, 0.3) is 10.4 Å². The Hall–Kier alpha value is -3.31. The molecule has 0 aromatic heterocycles. The van der Waals surface area contributed by atoms with Crippen molar-refractivity contribution in [3.8, 4) is 0 Å².